The first-order valence-electron chi connectivity index (χ1n) is 6.58. The van der Waals surface area contributed by atoms with E-state index in [4.69, 9.17) is 0 Å². The zero-order valence-electron chi connectivity index (χ0n) is 11.6. The standard InChI is InChI=1S/C17H18N2/c1-12-10-17(2,3)19-16-7-6-13(9-15(12)16)14-5-4-8-18-11-14/h4-11,19H,1-3H3. The first-order chi connectivity index (χ1) is 9.05. The predicted octanol–water partition coefficient (Wildman–Crippen LogP) is 4.36. The summed E-state index contributed by atoms with van der Waals surface area (Å²) >= 11 is 0. The number of pyridine rings is 1. The molecule has 0 fully saturated rings. The van der Waals surface area contributed by atoms with Crippen molar-refractivity contribution in [2.75, 3.05) is 5.32 Å². The van der Waals surface area contributed by atoms with Gasteiger partial charge in [0, 0.05) is 29.2 Å². The molecular formula is C17H18N2. The molecule has 0 bridgehead atoms. The van der Waals surface area contributed by atoms with Gasteiger partial charge in [-0.3, -0.25) is 4.98 Å². The molecule has 0 saturated heterocycles. The van der Waals surface area contributed by atoms with Crippen LogP contribution in [-0.2, 0) is 0 Å². The maximum absolute atomic E-state index is 4.18. The summed E-state index contributed by atoms with van der Waals surface area (Å²) in [6.07, 6.45) is 5.99. The van der Waals surface area contributed by atoms with Crippen molar-refractivity contribution in [2.24, 2.45) is 0 Å². The van der Waals surface area contributed by atoms with Gasteiger partial charge in [0.1, 0.15) is 0 Å². The van der Waals surface area contributed by atoms with Crippen molar-refractivity contribution < 1.29 is 0 Å². The van der Waals surface area contributed by atoms with Gasteiger partial charge in [0.2, 0.25) is 0 Å². The minimum absolute atomic E-state index is 0.0207. The average molecular weight is 250 g/mol. The van der Waals surface area contributed by atoms with Crippen LogP contribution >= 0.6 is 0 Å². The largest absolute Gasteiger partial charge is 0.376 e. The van der Waals surface area contributed by atoms with E-state index in [1.54, 1.807) is 6.20 Å². The van der Waals surface area contributed by atoms with Gasteiger partial charge in [-0.2, -0.15) is 0 Å². The molecule has 0 radical (unpaired) electrons. The van der Waals surface area contributed by atoms with E-state index in [-0.39, 0.29) is 5.54 Å². The molecule has 0 unspecified atom stereocenters. The molecule has 2 aromatic rings. The Morgan fingerprint density at radius 1 is 1.11 bits per heavy atom. The molecule has 96 valence electrons. The fraction of sp³-hybridized carbons (Fsp3) is 0.235. The van der Waals surface area contributed by atoms with Crippen LogP contribution in [0.4, 0.5) is 5.69 Å². The zero-order chi connectivity index (χ0) is 13.5. The predicted molar refractivity (Wildman–Crippen MR) is 81.0 cm³/mol. The van der Waals surface area contributed by atoms with E-state index in [1.165, 1.54) is 22.4 Å². The van der Waals surface area contributed by atoms with Crippen molar-refractivity contribution in [3.8, 4) is 11.1 Å². The lowest BCUT2D eigenvalue weighted by Gasteiger charge is -2.31. The van der Waals surface area contributed by atoms with Crippen LogP contribution in [0.25, 0.3) is 16.7 Å². The highest BCUT2D eigenvalue weighted by molar-refractivity contribution is 5.83. The van der Waals surface area contributed by atoms with Crippen LogP contribution in [0.3, 0.4) is 0 Å². The van der Waals surface area contributed by atoms with Gasteiger partial charge in [-0.05, 0) is 50.1 Å². The molecule has 2 heterocycles. The van der Waals surface area contributed by atoms with Crippen LogP contribution < -0.4 is 5.32 Å². The van der Waals surface area contributed by atoms with Crippen LogP contribution in [0.1, 0.15) is 26.3 Å². The molecule has 0 atom stereocenters. The van der Waals surface area contributed by atoms with Gasteiger partial charge in [-0.25, -0.2) is 0 Å². The normalized spacial score (nSPS) is 16.3. The summed E-state index contributed by atoms with van der Waals surface area (Å²) in [4.78, 5) is 4.18. The average Bonchev–Trinajstić information content (AvgIpc) is 2.38. The van der Waals surface area contributed by atoms with E-state index >= 15 is 0 Å². The molecule has 1 N–H and O–H groups in total. The van der Waals surface area contributed by atoms with Crippen molar-refractivity contribution >= 4 is 11.3 Å². The summed E-state index contributed by atoms with van der Waals surface area (Å²) < 4.78 is 0. The Labute approximate surface area is 114 Å². The lowest BCUT2D eigenvalue weighted by atomic mass is 9.89. The Morgan fingerprint density at radius 2 is 1.95 bits per heavy atom. The number of anilines is 1. The second-order valence-electron chi connectivity index (χ2n) is 5.68. The first kappa shape index (κ1) is 12.0. The van der Waals surface area contributed by atoms with Gasteiger partial charge in [-0.1, -0.05) is 18.2 Å². The molecule has 1 aromatic heterocycles. The molecule has 3 rings (SSSR count). The molecule has 1 aromatic carbocycles. The van der Waals surface area contributed by atoms with E-state index in [9.17, 15) is 0 Å². The summed E-state index contributed by atoms with van der Waals surface area (Å²) in [7, 11) is 0. The zero-order valence-corrected chi connectivity index (χ0v) is 11.6. The van der Waals surface area contributed by atoms with E-state index in [1.807, 2.05) is 12.3 Å². The topological polar surface area (TPSA) is 24.9 Å². The maximum atomic E-state index is 4.18. The molecule has 0 spiro atoms. The molecule has 2 heteroatoms. The van der Waals surface area contributed by atoms with Crippen molar-refractivity contribution in [1.82, 2.24) is 4.98 Å². The Balaban J connectivity index is 2.09. The Bertz CT molecular complexity index is 640. The molecule has 19 heavy (non-hydrogen) atoms. The number of benzene rings is 1. The van der Waals surface area contributed by atoms with Crippen LogP contribution in [0.15, 0.2) is 48.8 Å². The fourth-order valence-electron chi connectivity index (χ4n) is 2.69. The van der Waals surface area contributed by atoms with E-state index < -0.39 is 0 Å². The Hall–Kier alpha value is -2.09. The van der Waals surface area contributed by atoms with Gasteiger partial charge in [-0.15, -0.1) is 0 Å². The minimum Gasteiger partial charge on any atom is -0.376 e. The third kappa shape index (κ3) is 2.26. The number of nitrogens with zero attached hydrogens (tertiary/aromatic N) is 1. The van der Waals surface area contributed by atoms with Gasteiger partial charge in [0.25, 0.3) is 0 Å². The number of hydrogen-bond acceptors (Lipinski definition) is 2. The van der Waals surface area contributed by atoms with Crippen LogP contribution in [0.5, 0.6) is 0 Å². The van der Waals surface area contributed by atoms with Crippen molar-refractivity contribution in [3.63, 3.8) is 0 Å². The van der Waals surface area contributed by atoms with Gasteiger partial charge in [0.15, 0.2) is 0 Å². The number of aromatic nitrogens is 1. The number of allylic oxidation sites excluding steroid dienone is 1. The van der Waals surface area contributed by atoms with Crippen molar-refractivity contribution in [3.05, 3.63) is 54.4 Å². The van der Waals surface area contributed by atoms with Gasteiger partial charge < -0.3 is 5.32 Å². The molecule has 0 aliphatic carbocycles. The molecule has 1 aliphatic heterocycles. The monoisotopic (exact) mass is 250 g/mol. The molecule has 0 amide bonds. The molecule has 0 saturated carbocycles. The van der Waals surface area contributed by atoms with Crippen LogP contribution in [-0.4, -0.2) is 10.5 Å². The summed E-state index contributed by atoms with van der Waals surface area (Å²) in [5, 5.41) is 3.55. The lowest BCUT2D eigenvalue weighted by molar-refractivity contribution is 0.707. The molecular weight excluding hydrogens is 232 g/mol. The van der Waals surface area contributed by atoms with Crippen LogP contribution in [0, 0.1) is 0 Å². The second kappa shape index (κ2) is 4.23. The fourth-order valence-corrected chi connectivity index (χ4v) is 2.69. The Morgan fingerprint density at radius 3 is 2.68 bits per heavy atom. The summed E-state index contributed by atoms with van der Waals surface area (Å²) in [6, 6.07) is 10.6. The second-order valence-corrected chi connectivity index (χ2v) is 5.68. The first-order valence-corrected chi connectivity index (χ1v) is 6.58. The Kier molecular flexibility index (Phi) is 2.67. The summed E-state index contributed by atoms with van der Waals surface area (Å²) in [5.41, 5.74) is 6.19. The number of nitrogens with one attached hydrogen (secondary N) is 1. The number of fused-ring (bicyclic) bond motifs is 1. The molecule has 1 aliphatic rings. The highest BCUT2D eigenvalue weighted by Crippen LogP contribution is 2.35. The number of hydrogen-bond donors (Lipinski definition) is 1. The maximum Gasteiger partial charge on any atom is 0.0505 e. The van der Waals surface area contributed by atoms with E-state index in [0.717, 1.165) is 5.56 Å². The van der Waals surface area contributed by atoms with Crippen molar-refractivity contribution in [1.29, 1.82) is 0 Å². The van der Waals surface area contributed by atoms with Gasteiger partial charge in [0.05, 0.1) is 5.54 Å². The van der Waals surface area contributed by atoms with Crippen molar-refractivity contribution in [2.45, 2.75) is 26.3 Å². The number of rotatable bonds is 1. The summed E-state index contributed by atoms with van der Waals surface area (Å²) in [5.74, 6) is 0. The highest BCUT2D eigenvalue weighted by atomic mass is 15.0. The quantitative estimate of drug-likeness (QED) is 0.813. The smallest absolute Gasteiger partial charge is 0.0505 e. The lowest BCUT2D eigenvalue weighted by Crippen LogP contribution is -2.31. The summed E-state index contributed by atoms with van der Waals surface area (Å²) in [6.45, 7) is 6.55. The van der Waals surface area contributed by atoms with E-state index in [2.05, 4.69) is 61.4 Å². The van der Waals surface area contributed by atoms with Crippen LogP contribution in [0.2, 0.25) is 0 Å². The third-order valence-electron chi connectivity index (χ3n) is 3.47. The minimum atomic E-state index is 0.0207. The van der Waals surface area contributed by atoms with Gasteiger partial charge >= 0.3 is 0 Å². The SMILES string of the molecule is CC1=CC(C)(C)Nc2ccc(-c3cccnc3)cc21. The third-order valence-corrected chi connectivity index (χ3v) is 3.47. The molecule has 2 nitrogen and oxygen atoms in total. The highest BCUT2D eigenvalue weighted by Gasteiger charge is 2.22. The van der Waals surface area contributed by atoms with E-state index in [0.29, 0.717) is 0 Å².